The van der Waals surface area contributed by atoms with E-state index in [0.717, 1.165) is 11.1 Å². The van der Waals surface area contributed by atoms with Gasteiger partial charge in [0, 0.05) is 19.5 Å². The summed E-state index contributed by atoms with van der Waals surface area (Å²) in [6.45, 7) is 2.59. The van der Waals surface area contributed by atoms with Crippen LogP contribution in [0, 0.1) is 0 Å². The Morgan fingerprint density at radius 1 is 1.11 bits per heavy atom. The molecule has 13 heteroatoms. The van der Waals surface area contributed by atoms with Gasteiger partial charge in [-0.3, -0.25) is 14.2 Å². The fraction of sp³-hybridized carbons (Fsp3) is 0.435. The van der Waals surface area contributed by atoms with Crippen molar-refractivity contribution < 1.29 is 29.6 Å². The maximum absolute atomic E-state index is 12.2. The SMILES string of the molecule is CCNC(=O)[C@H]1O[C@@H](n2cnc3c(N)nc(NCCc4ccc(CCC(=O)O)cc4)nc32)C(O)[C@H]1O. The number of aliphatic carboxylic acids is 1. The zero-order valence-corrected chi connectivity index (χ0v) is 19.7. The number of amides is 1. The number of nitrogens with two attached hydrogens (primary N) is 1. The first-order valence-electron chi connectivity index (χ1n) is 11.6. The van der Waals surface area contributed by atoms with Gasteiger partial charge in [0.2, 0.25) is 5.95 Å². The molecule has 1 aromatic carbocycles. The van der Waals surface area contributed by atoms with Gasteiger partial charge in [-0.05, 0) is 30.9 Å². The zero-order chi connectivity index (χ0) is 25.8. The molecule has 1 fully saturated rings. The minimum absolute atomic E-state index is 0.0905. The third kappa shape index (κ3) is 5.37. The number of aromatic nitrogens is 4. The highest BCUT2D eigenvalue weighted by molar-refractivity contribution is 5.83. The molecule has 4 atom stereocenters. The van der Waals surface area contributed by atoms with Crippen molar-refractivity contribution in [1.29, 1.82) is 0 Å². The summed E-state index contributed by atoms with van der Waals surface area (Å²) in [5.74, 6) is -0.985. The van der Waals surface area contributed by atoms with Crippen molar-refractivity contribution in [1.82, 2.24) is 24.8 Å². The van der Waals surface area contributed by atoms with Crippen LogP contribution in [0.3, 0.4) is 0 Å². The molecule has 1 saturated heterocycles. The summed E-state index contributed by atoms with van der Waals surface area (Å²) in [6.07, 6.45) is -2.56. The van der Waals surface area contributed by atoms with Crippen LogP contribution < -0.4 is 16.4 Å². The Morgan fingerprint density at radius 2 is 1.81 bits per heavy atom. The van der Waals surface area contributed by atoms with E-state index >= 15 is 0 Å². The van der Waals surface area contributed by atoms with Gasteiger partial charge in [0.15, 0.2) is 23.8 Å². The standard InChI is InChI=1S/C23H29N7O6/c1-2-25-21(35)18-16(33)17(34)22(36-18)30-11-27-15-19(24)28-23(29-20(15)30)26-10-9-13-5-3-12(4-6-13)7-8-14(31)32/h3-6,11,16-18,22,33-34H,2,7-10H2,1H3,(H,25,35)(H,31,32)(H3,24,26,28,29)/t16-,17?,18+,22-/m1/s1. The first-order chi connectivity index (χ1) is 17.3. The van der Waals surface area contributed by atoms with Gasteiger partial charge in [-0.1, -0.05) is 24.3 Å². The highest BCUT2D eigenvalue weighted by Crippen LogP contribution is 2.32. The Balaban J connectivity index is 1.45. The number of nitrogen functional groups attached to an aromatic ring is 1. The molecule has 3 aromatic rings. The molecule has 0 spiro atoms. The van der Waals surface area contributed by atoms with E-state index in [0.29, 0.717) is 31.4 Å². The van der Waals surface area contributed by atoms with E-state index in [9.17, 15) is 19.8 Å². The van der Waals surface area contributed by atoms with Crippen molar-refractivity contribution >= 4 is 34.8 Å². The van der Waals surface area contributed by atoms with Crippen molar-refractivity contribution in [2.75, 3.05) is 24.1 Å². The number of carboxylic acid groups (broad SMARTS) is 1. The summed E-state index contributed by atoms with van der Waals surface area (Å²) < 4.78 is 7.09. The maximum Gasteiger partial charge on any atom is 0.303 e. The number of carbonyl (C=O) groups excluding carboxylic acids is 1. The minimum atomic E-state index is -1.42. The Kier molecular flexibility index (Phi) is 7.62. The molecule has 0 saturated carbocycles. The van der Waals surface area contributed by atoms with Crippen LogP contribution in [0.4, 0.5) is 11.8 Å². The zero-order valence-electron chi connectivity index (χ0n) is 19.7. The minimum Gasteiger partial charge on any atom is -0.481 e. The molecule has 36 heavy (non-hydrogen) atoms. The monoisotopic (exact) mass is 499 g/mol. The molecule has 1 amide bonds. The average molecular weight is 500 g/mol. The van der Waals surface area contributed by atoms with Crippen LogP contribution in [0.5, 0.6) is 0 Å². The normalized spacial score (nSPS) is 21.5. The van der Waals surface area contributed by atoms with E-state index in [-0.39, 0.29) is 23.8 Å². The Labute approximate surface area is 206 Å². The fourth-order valence-corrected chi connectivity index (χ4v) is 4.03. The number of benzene rings is 1. The molecule has 0 bridgehead atoms. The van der Waals surface area contributed by atoms with E-state index in [1.165, 1.54) is 10.9 Å². The number of ether oxygens (including phenoxy) is 1. The summed E-state index contributed by atoms with van der Waals surface area (Å²) >= 11 is 0. The number of hydrogen-bond acceptors (Lipinski definition) is 10. The summed E-state index contributed by atoms with van der Waals surface area (Å²) in [5.41, 5.74) is 8.65. The molecule has 7 N–H and O–H groups in total. The molecule has 1 aliphatic heterocycles. The van der Waals surface area contributed by atoms with Crippen LogP contribution in [-0.4, -0.2) is 78.1 Å². The lowest BCUT2D eigenvalue weighted by Crippen LogP contribution is -2.42. The number of aliphatic hydroxyl groups excluding tert-OH is 2. The van der Waals surface area contributed by atoms with Crippen LogP contribution in [0.15, 0.2) is 30.6 Å². The summed E-state index contributed by atoms with van der Waals surface area (Å²) in [7, 11) is 0. The molecule has 1 unspecified atom stereocenters. The summed E-state index contributed by atoms with van der Waals surface area (Å²) in [5, 5.41) is 35.4. The van der Waals surface area contributed by atoms with Gasteiger partial charge in [-0.2, -0.15) is 9.97 Å². The van der Waals surface area contributed by atoms with Gasteiger partial charge >= 0.3 is 5.97 Å². The van der Waals surface area contributed by atoms with Crippen LogP contribution in [0.25, 0.3) is 11.2 Å². The number of fused-ring (bicyclic) bond motifs is 1. The van der Waals surface area contributed by atoms with Crippen LogP contribution in [0.1, 0.15) is 30.7 Å². The Bertz CT molecular complexity index is 1230. The third-order valence-electron chi connectivity index (χ3n) is 5.92. The number of nitrogens with one attached hydrogen (secondary N) is 2. The average Bonchev–Trinajstić information content (AvgIpc) is 3.40. The van der Waals surface area contributed by atoms with Gasteiger partial charge in [0.25, 0.3) is 5.91 Å². The Hall–Kier alpha value is -3.81. The lowest BCUT2D eigenvalue weighted by molar-refractivity contribution is -0.138. The van der Waals surface area contributed by atoms with Gasteiger partial charge in [-0.15, -0.1) is 0 Å². The molecule has 2 aromatic heterocycles. The number of hydrogen-bond donors (Lipinski definition) is 6. The number of anilines is 2. The van der Waals surface area contributed by atoms with E-state index in [1.54, 1.807) is 6.92 Å². The lowest BCUT2D eigenvalue weighted by atomic mass is 10.1. The molecule has 0 radical (unpaired) electrons. The van der Waals surface area contributed by atoms with E-state index in [1.807, 2.05) is 24.3 Å². The van der Waals surface area contributed by atoms with Gasteiger partial charge in [-0.25, -0.2) is 4.98 Å². The highest BCUT2D eigenvalue weighted by Gasteiger charge is 2.47. The van der Waals surface area contributed by atoms with Crippen LogP contribution >= 0.6 is 0 Å². The van der Waals surface area contributed by atoms with Gasteiger partial charge < -0.3 is 36.4 Å². The number of imidazole rings is 1. The smallest absolute Gasteiger partial charge is 0.303 e. The van der Waals surface area contributed by atoms with Crippen LogP contribution in [-0.2, 0) is 27.2 Å². The summed E-state index contributed by atoms with van der Waals surface area (Å²) in [6, 6.07) is 7.71. The van der Waals surface area contributed by atoms with E-state index in [2.05, 4.69) is 25.6 Å². The number of rotatable bonds is 10. The molecule has 4 rings (SSSR count). The first kappa shape index (κ1) is 25.3. The number of nitrogens with zero attached hydrogens (tertiary/aromatic N) is 4. The Morgan fingerprint density at radius 3 is 2.47 bits per heavy atom. The third-order valence-corrected chi connectivity index (χ3v) is 5.92. The number of aryl methyl sites for hydroxylation is 1. The van der Waals surface area contributed by atoms with Crippen molar-refractivity contribution in [3.63, 3.8) is 0 Å². The molecular weight excluding hydrogens is 470 g/mol. The molecular formula is C23H29N7O6. The van der Waals surface area contributed by atoms with Crippen molar-refractivity contribution in [2.45, 2.75) is 50.7 Å². The molecule has 0 aliphatic carbocycles. The second-order valence-corrected chi connectivity index (χ2v) is 8.47. The number of carboxylic acids is 1. The van der Waals surface area contributed by atoms with Crippen molar-refractivity contribution in [2.24, 2.45) is 0 Å². The molecule has 3 heterocycles. The van der Waals surface area contributed by atoms with Gasteiger partial charge in [0.05, 0.1) is 6.33 Å². The van der Waals surface area contributed by atoms with Crippen LogP contribution in [0.2, 0.25) is 0 Å². The fourth-order valence-electron chi connectivity index (χ4n) is 4.03. The second-order valence-electron chi connectivity index (χ2n) is 8.47. The van der Waals surface area contributed by atoms with Crippen molar-refractivity contribution in [3.05, 3.63) is 41.7 Å². The first-order valence-corrected chi connectivity index (χ1v) is 11.6. The number of likely N-dealkylation sites (N-methyl/N-ethyl adjacent to an activating group) is 1. The predicted octanol–water partition coefficient (Wildman–Crippen LogP) is -0.164. The largest absolute Gasteiger partial charge is 0.481 e. The van der Waals surface area contributed by atoms with Gasteiger partial charge in [0.1, 0.15) is 17.7 Å². The van der Waals surface area contributed by atoms with Crippen molar-refractivity contribution in [3.8, 4) is 0 Å². The topological polar surface area (TPSA) is 198 Å². The maximum atomic E-state index is 12.2. The number of carbonyl (C=O) groups is 2. The van der Waals surface area contributed by atoms with E-state index < -0.39 is 36.4 Å². The summed E-state index contributed by atoms with van der Waals surface area (Å²) in [4.78, 5) is 35.8. The number of aliphatic hydroxyl groups is 2. The molecule has 1 aliphatic rings. The lowest BCUT2D eigenvalue weighted by Gasteiger charge is -2.16. The molecule has 13 nitrogen and oxygen atoms in total. The highest BCUT2D eigenvalue weighted by atomic mass is 16.6. The quantitative estimate of drug-likeness (QED) is 0.217. The second kappa shape index (κ2) is 10.8. The van der Waals surface area contributed by atoms with E-state index in [4.69, 9.17) is 15.6 Å². The molecule has 192 valence electrons. The predicted molar refractivity (Wildman–Crippen MR) is 129 cm³/mol.